The number of alkyl carbamates (subject to hydrolysis) is 1. The van der Waals surface area contributed by atoms with Gasteiger partial charge < -0.3 is 30.1 Å². The summed E-state index contributed by atoms with van der Waals surface area (Å²) in [6.45, 7) is 6.04. The highest BCUT2D eigenvalue weighted by Crippen LogP contribution is 2.39. The predicted octanol–water partition coefficient (Wildman–Crippen LogP) is 6.57. The highest BCUT2D eigenvalue weighted by molar-refractivity contribution is 6.01. The first-order chi connectivity index (χ1) is 22.7. The van der Waals surface area contributed by atoms with Crippen LogP contribution in [0.1, 0.15) is 32.3 Å². The van der Waals surface area contributed by atoms with Crippen LogP contribution in [-0.4, -0.2) is 59.5 Å². The fourth-order valence-electron chi connectivity index (χ4n) is 6.52. The lowest BCUT2D eigenvalue weighted by atomic mass is 9.95. The summed E-state index contributed by atoms with van der Waals surface area (Å²) in [6, 6.07) is 24.7. The molecule has 1 aromatic heterocycles. The minimum absolute atomic E-state index is 0.0571. The smallest absolute Gasteiger partial charge is 0.407 e. The number of hydrogen-bond donors (Lipinski definition) is 3. The van der Waals surface area contributed by atoms with E-state index in [1.807, 2.05) is 74.5 Å². The summed E-state index contributed by atoms with van der Waals surface area (Å²) in [7, 11) is 0. The number of nitrogens with zero attached hydrogens (tertiary/aromatic N) is 3. The van der Waals surface area contributed by atoms with Crippen molar-refractivity contribution in [3.63, 3.8) is 0 Å². The van der Waals surface area contributed by atoms with Crippen LogP contribution in [0.4, 0.5) is 15.0 Å². The van der Waals surface area contributed by atoms with Crippen molar-refractivity contribution in [3.05, 3.63) is 90.2 Å². The van der Waals surface area contributed by atoms with Crippen LogP contribution in [0.15, 0.2) is 78.9 Å². The zero-order chi connectivity index (χ0) is 32.5. The molecule has 5 aromatic rings. The Hall–Kier alpha value is -4.96. The second-order valence-electron chi connectivity index (χ2n) is 13.3. The van der Waals surface area contributed by atoms with Gasteiger partial charge in [0.15, 0.2) is 5.82 Å². The lowest BCUT2D eigenvalue weighted by molar-refractivity contribution is 0.125. The molecule has 2 atom stereocenters. The van der Waals surface area contributed by atoms with Crippen LogP contribution >= 0.6 is 0 Å². The number of aromatic hydroxyl groups is 1. The van der Waals surface area contributed by atoms with Gasteiger partial charge in [0.1, 0.15) is 23.7 Å². The van der Waals surface area contributed by atoms with Gasteiger partial charge in [-0.1, -0.05) is 74.5 Å². The zero-order valence-electron chi connectivity index (χ0n) is 26.5. The van der Waals surface area contributed by atoms with Gasteiger partial charge in [-0.2, -0.15) is 9.97 Å². The monoisotopic (exact) mass is 635 g/mol. The van der Waals surface area contributed by atoms with Crippen molar-refractivity contribution in [1.82, 2.24) is 20.6 Å². The Morgan fingerprint density at radius 3 is 2.51 bits per heavy atom. The van der Waals surface area contributed by atoms with Crippen molar-refractivity contribution >= 4 is 33.6 Å². The van der Waals surface area contributed by atoms with Crippen molar-refractivity contribution < 1.29 is 23.8 Å². The molecule has 9 nitrogen and oxygen atoms in total. The molecule has 4 aromatic carbocycles. The minimum atomic E-state index is -0.520. The Morgan fingerprint density at radius 1 is 0.979 bits per heavy atom. The van der Waals surface area contributed by atoms with E-state index in [2.05, 4.69) is 20.5 Å². The number of anilines is 1. The number of carbonyl (C=O) groups is 1. The van der Waals surface area contributed by atoms with E-state index in [0.717, 1.165) is 42.3 Å². The summed E-state index contributed by atoms with van der Waals surface area (Å²) in [4.78, 5) is 24.0. The van der Waals surface area contributed by atoms with Crippen LogP contribution in [-0.2, 0) is 11.3 Å². The maximum Gasteiger partial charge on any atom is 0.407 e. The minimum Gasteiger partial charge on any atom is -0.508 e. The van der Waals surface area contributed by atoms with Gasteiger partial charge in [-0.05, 0) is 52.9 Å². The molecule has 0 spiro atoms. The number of rotatable bonds is 9. The molecule has 242 valence electrons. The van der Waals surface area contributed by atoms with E-state index in [1.54, 1.807) is 18.2 Å². The summed E-state index contributed by atoms with van der Waals surface area (Å²) < 4.78 is 28.2. The highest BCUT2D eigenvalue weighted by Gasteiger charge is 2.34. The molecule has 7 rings (SSSR count). The van der Waals surface area contributed by atoms with Gasteiger partial charge >= 0.3 is 12.1 Å². The molecule has 2 fully saturated rings. The quantitative estimate of drug-likeness (QED) is 0.167. The average Bonchev–Trinajstić information content (AvgIpc) is 3.42. The molecule has 0 aliphatic carbocycles. The molecule has 0 radical (unpaired) electrons. The third kappa shape index (κ3) is 6.64. The summed E-state index contributed by atoms with van der Waals surface area (Å²) >= 11 is 0. The van der Waals surface area contributed by atoms with Crippen molar-refractivity contribution in [2.45, 2.75) is 45.4 Å². The van der Waals surface area contributed by atoms with E-state index >= 15 is 4.39 Å². The third-order valence-electron chi connectivity index (χ3n) is 8.93. The van der Waals surface area contributed by atoms with Crippen LogP contribution in [0, 0.1) is 11.2 Å². The van der Waals surface area contributed by atoms with Crippen molar-refractivity contribution in [3.8, 4) is 22.9 Å². The number of phenolic OH excluding ortho intramolecular Hbond substituents is 1. The van der Waals surface area contributed by atoms with Crippen molar-refractivity contribution in [2.24, 2.45) is 5.41 Å². The standard InChI is InChI=1S/C37H38FN5O4/c1-37(2,21-39-36(45)46-20-23-8-4-3-5-9-23)22-47-35-41-33-30(34(42-35)43-18-25-12-13-26(19-43)40-25)15-14-29(32(33)38)31-17-27(44)16-24-10-6-7-11-28(24)31/h3-11,14-17,25-26,40,44H,12-13,18-22H2,1-2H3,(H,39,45). The number of ether oxygens (including phenoxy) is 2. The molecule has 2 saturated heterocycles. The van der Waals surface area contributed by atoms with E-state index in [4.69, 9.17) is 14.5 Å². The number of fused-ring (bicyclic) bond motifs is 4. The molecule has 0 saturated carbocycles. The zero-order valence-corrected chi connectivity index (χ0v) is 26.5. The van der Waals surface area contributed by atoms with Gasteiger partial charge in [0.05, 0.1) is 6.61 Å². The Morgan fingerprint density at radius 2 is 1.72 bits per heavy atom. The second kappa shape index (κ2) is 12.7. The van der Waals surface area contributed by atoms with Crippen LogP contribution in [0.3, 0.4) is 0 Å². The largest absolute Gasteiger partial charge is 0.508 e. The number of aromatic nitrogens is 2. The molecular formula is C37H38FN5O4. The Balaban J connectivity index is 1.17. The van der Waals surface area contributed by atoms with E-state index in [1.165, 1.54) is 0 Å². The first kappa shape index (κ1) is 30.7. The number of carbonyl (C=O) groups excluding carboxylic acids is 1. The lowest BCUT2D eigenvalue weighted by Gasteiger charge is -2.34. The maximum absolute atomic E-state index is 16.7. The van der Waals surface area contributed by atoms with Crippen molar-refractivity contribution in [2.75, 3.05) is 31.1 Å². The molecule has 2 aliphatic rings. The van der Waals surface area contributed by atoms with Gasteiger partial charge in [-0.15, -0.1) is 0 Å². The van der Waals surface area contributed by atoms with Crippen LogP contribution in [0.2, 0.25) is 0 Å². The Labute approximate surface area is 272 Å². The molecule has 47 heavy (non-hydrogen) atoms. The molecule has 2 aliphatic heterocycles. The first-order valence-corrected chi connectivity index (χ1v) is 16.0. The van der Waals surface area contributed by atoms with Crippen LogP contribution in [0.5, 0.6) is 11.8 Å². The van der Waals surface area contributed by atoms with Gasteiger partial charge in [-0.3, -0.25) is 0 Å². The second-order valence-corrected chi connectivity index (χ2v) is 13.3. The molecule has 1 amide bonds. The summed E-state index contributed by atoms with van der Waals surface area (Å²) in [6.07, 6.45) is 1.66. The van der Waals surface area contributed by atoms with Gasteiger partial charge in [0.2, 0.25) is 0 Å². The summed E-state index contributed by atoms with van der Waals surface area (Å²) in [5, 5.41) is 19.2. The Kier molecular flexibility index (Phi) is 8.28. The molecule has 2 unspecified atom stereocenters. The third-order valence-corrected chi connectivity index (χ3v) is 8.93. The SMILES string of the molecule is CC(C)(CNC(=O)OCc1ccccc1)COc1nc(N2CC3CCC(C2)N3)c2ccc(-c3cc(O)cc4ccccc34)c(F)c2n1. The molecule has 3 heterocycles. The molecular weight excluding hydrogens is 597 g/mol. The summed E-state index contributed by atoms with van der Waals surface area (Å²) in [5.41, 5.74) is 1.45. The van der Waals surface area contributed by atoms with E-state index in [-0.39, 0.29) is 37.0 Å². The van der Waals surface area contributed by atoms with Gasteiger partial charge in [0, 0.05) is 48.1 Å². The van der Waals surface area contributed by atoms with E-state index in [9.17, 15) is 9.90 Å². The number of phenols is 1. The number of amides is 1. The number of halogens is 1. The normalized spacial score (nSPS) is 17.6. The number of hydrogen-bond acceptors (Lipinski definition) is 8. The number of nitrogens with one attached hydrogen (secondary N) is 2. The lowest BCUT2D eigenvalue weighted by Crippen LogP contribution is -2.51. The molecule has 10 heteroatoms. The highest BCUT2D eigenvalue weighted by atomic mass is 19.1. The summed E-state index contributed by atoms with van der Waals surface area (Å²) in [5.74, 6) is 0.184. The van der Waals surface area contributed by atoms with E-state index < -0.39 is 17.3 Å². The fraction of sp³-hybridized carbons (Fsp3) is 0.324. The average molecular weight is 636 g/mol. The predicted molar refractivity (Wildman–Crippen MR) is 180 cm³/mol. The Bertz CT molecular complexity index is 1920. The van der Waals surface area contributed by atoms with Crippen LogP contribution < -0.4 is 20.3 Å². The van der Waals surface area contributed by atoms with E-state index in [0.29, 0.717) is 34.4 Å². The van der Waals surface area contributed by atoms with Gasteiger partial charge in [-0.25, -0.2) is 9.18 Å². The number of piperazine rings is 1. The first-order valence-electron chi connectivity index (χ1n) is 16.0. The topological polar surface area (TPSA) is 109 Å². The number of benzene rings is 4. The fourth-order valence-corrected chi connectivity index (χ4v) is 6.52. The maximum atomic E-state index is 16.7. The van der Waals surface area contributed by atoms with Crippen molar-refractivity contribution in [1.29, 1.82) is 0 Å². The molecule has 2 bridgehead atoms. The van der Waals surface area contributed by atoms with Gasteiger partial charge in [0.25, 0.3) is 0 Å². The van der Waals surface area contributed by atoms with Crippen LogP contribution in [0.25, 0.3) is 32.8 Å². The molecule has 3 N–H and O–H groups in total.